The number of aromatic nitrogens is 3. The van der Waals surface area contributed by atoms with Gasteiger partial charge in [0.15, 0.2) is 5.69 Å². The Hall–Kier alpha value is -2.17. The third-order valence-electron chi connectivity index (χ3n) is 3.36. The molecule has 112 valence electrons. The van der Waals surface area contributed by atoms with Crippen molar-refractivity contribution in [3.63, 3.8) is 0 Å². The predicted molar refractivity (Wildman–Crippen MR) is 82.4 cm³/mol. The molecule has 1 aromatic carbocycles. The zero-order valence-corrected chi connectivity index (χ0v) is 12.6. The van der Waals surface area contributed by atoms with Crippen molar-refractivity contribution in [3.8, 4) is 5.69 Å². The van der Waals surface area contributed by atoms with Gasteiger partial charge >= 0.3 is 0 Å². The molecule has 0 saturated carbocycles. The van der Waals surface area contributed by atoms with Crippen molar-refractivity contribution in [2.45, 2.75) is 45.6 Å². The Balaban J connectivity index is 1.93. The van der Waals surface area contributed by atoms with Crippen molar-refractivity contribution in [2.24, 2.45) is 0 Å². The summed E-state index contributed by atoms with van der Waals surface area (Å²) < 4.78 is 1.61. The van der Waals surface area contributed by atoms with Crippen LogP contribution in [0, 0.1) is 0 Å². The largest absolute Gasteiger partial charge is 0.348 e. The Bertz CT molecular complexity index is 565. The molecule has 1 N–H and O–H groups in total. The molecule has 0 bridgehead atoms. The molecular formula is C16H22N4O. The van der Waals surface area contributed by atoms with Gasteiger partial charge in [0.05, 0.1) is 11.9 Å². The number of nitrogens with one attached hydrogen (secondary N) is 1. The SMILES string of the molecule is CCCCC[C@H](C)NC(=O)c1cn(-c2ccccc2)nn1. The van der Waals surface area contributed by atoms with Crippen LogP contribution in [-0.2, 0) is 0 Å². The van der Waals surface area contributed by atoms with E-state index in [2.05, 4.69) is 22.6 Å². The van der Waals surface area contributed by atoms with E-state index in [0.29, 0.717) is 5.69 Å². The lowest BCUT2D eigenvalue weighted by Gasteiger charge is -2.12. The van der Waals surface area contributed by atoms with Gasteiger partial charge in [0, 0.05) is 6.04 Å². The predicted octanol–water partition coefficient (Wildman–Crippen LogP) is 2.97. The van der Waals surface area contributed by atoms with Crippen LogP contribution in [0.5, 0.6) is 0 Å². The van der Waals surface area contributed by atoms with Crippen molar-refractivity contribution >= 4 is 5.91 Å². The molecule has 1 amide bonds. The normalized spacial score (nSPS) is 12.1. The highest BCUT2D eigenvalue weighted by molar-refractivity contribution is 5.92. The number of nitrogens with zero attached hydrogens (tertiary/aromatic N) is 3. The minimum Gasteiger partial charge on any atom is -0.348 e. The van der Waals surface area contributed by atoms with E-state index in [9.17, 15) is 4.79 Å². The van der Waals surface area contributed by atoms with Gasteiger partial charge in [-0.3, -0.25) is 4.79 Å². The zero-order chi connectivity index (χ0) is 15.1. The lowest BCUT2D eigenvalue weighted by Crippen LogP contribution is -2.32. The van der Waals surface area contributed by atoms with Crippen LogP contribution in [0.25, 0.3) is 5.69 Å². The fraction of sp³-hybridized carbons (Fsp3) is 0.438. The minimum atomic E-state index is -0.166. The Kier molecular flexibility index (Phi) is 5.49. The molecule has 0 saturated heterocycles. The number of rotatable bonds is 7. The summed E-state index contributed by atoms with van der Waals surface area (Å²) in [6, 6.07) is 9.78. The summed E-state index contributed by atoms with van der Waals surface area (Å²) in [5, 5.41) is 10.9. The van der Waals surface area contributed by atoms with Gasteiger partial charge in [-0.2, -0.15) is 0 Å². The molecule has 2 rings (SSSR count). The highest BCUT2D eigenvalue weighted by Gasteiger charge is 2.13. The number of carbonyl (C=O) groups excluding carboxylic acids is 1. The van der Waals surface area contributed by atoms with E-state index < -0.39 is 0 Å². The van der Waals surface area contributed by atoms with Gasteiger partial charge in [-0.15, -0.1) is 5.10 Å². The maximum atomic E-state index is 12.1. The lowest BCUT2D eigenvalue weighted by molar-refractivity contribution is 0.0933. The molecule has 1 heterocycles. The molecule has 5 heteroatoms. The number of hydrogen-bond donors (Lipinski definition) is 1. The smallest absolute Gasteiger partial charge is 0.273 e. The fourth-order valence-electron chi connectivity index (χ4n) is 2.15. The number of hydrogen-bond acceptors (Lipinski definition) is 3. The number of amides is 1. The van der Waals surface area contributed by atoms with Gasteiger partial charge in [-0.05, 0) is 25.5 Å². The number of carbonyl (C=O) groups is 1. The third kappa shape index (κ3) is 4.41. The van der Waals surface area contributed by atoms with Gasteiger partial charge in [-0.1, -0.05) is 49.6 Å². The molecule has 2 aromatic rings. The topological polar surface area (TPSA) is 59.8 Å². The summed E-state index contributed by atoms with van der Waals surface area (Å²) in [5.74, 6) is -0.166. The first kappa shape index (κ1) is 15.2. The Morgan fingerprint density at radius 1 is 1.29 bits per heavy atom. The van der Waals surface area contributed by atoms with Crippen LogP contribution in [0.3, 0.4) is 0 Å². The average Bonchev–Trinajstić information content (AvgIpc) is 2.98. The van der Waals surface area contributed by atoms with Gasteiger partial charge in [0.2, 0.25) is 0 Å². The van der Waals surface area contributed by atoms with E-state index in [1.54, 1.807) is 10.9 Å². The Labute approximate surface area is 125 Å². The van der Waals surface area contributed by atoms with E-state index in [0.717, 1.165) is 18.5 Å². The number of benzene rings is 1. The van der Waals surface area contributed by atoms with Gasteiger partial charge in [0.25, 0.3) is 5.91 Å². The monoisotopic (exact) mass is 286 g/mol. The molecule has 0 aliphatic heterocycles. The molecule has 1 atom stereocenters. The number of unbranched alkanes of at least 4 members (excludes halogenated alkanes) is 2. The lowest BCUT2D eigenvalue weighted by atomic mass is 10.1. The zero-order valence-electron chi connectivity index (χ0n) is 12.6. The molecule has 0 radical (unpaired) electrons. The summed E-state index contributed by atoms with van der Waals surface area (Å²) in [4.78, 5) is 12.1. The van der Waals surface area contributed by atoms with E-state index >= 15 is 0 Å². The van der Waals surface area contributed by atoms with Crippen molar-refractivity contribution in [1.82, 2.24) is 20.3 Å². The Morgan fingerprint density at radius 3 is 2.76 bits per heavy atom. The molecule has 5 nitrogen and oxygen atoms in total. The van der Waals surface area contributed by atoms with Crippen molar-refractivity contribution < 1.29 is 4.79 Å². The molecule has 0 fully saturated rings. The van der Waals surface area contributed by atoms with Gasteiger partial charge in [-0.25, -0.2) is 4.68 Å². The van der Waals surface area contributed by atoms with Crippen LogP contribution in [-0.4, -0.2) is 26.9 Å². The number of para-hydroxylation sites is 1. The molecule has 1 aromatic heterocycles. The first-order chi connectivity index (χ1) is 10.2. The summed E-state index contributed by atoms with van der Waals surface area (Å²) in [5.41, 5.74) is 1.24. The Morgan fingerprint density at radius 2 is 2.05 bits per heavy atom. The molecular weight excluding hydrogens is 264 g/mol. The van der Waals surface area contributed by atoms with Crippen LogP contribution in [0.2, 0.25) is 0 Å². The van der Waals surface area contributed by atoms with Crippen LogP contribution in [0.1, 0.15) is 50.0 Å². The summed E-state index contributed by atoms with van der Waals surface area (Å²) in [6.45, 7) is 4.19. The molecule has 0 aliphatic carbocycles. The standard InChI is InChI=1S/C16H22N4O/c1-3-4-6-9-13(2)17-16(21)15-12-20(19-18-15)14-10-7-5-8-11-14/h5,7-8,10-13H,3-4,6,9H2,1-2H3,(H,17,21)/t13-/m0/s1. The van der Waals surface area contributed by atoms with Crippen molar-refractivity contribution in [3.05, 3.63) is 42.2 Å². The first-order valence-electron chi connectivity index (χ1n) is 7.49. The van der Waals surface area contributed by atoms with Gasteiger partial charge < -0.3 is 5.32 Å². The van der Waals surface area contributed by atoms with E-state index in [1.807, 2.05) is 37.3 Å². The first-order valence-corrected chi connectivity index (χ1v) is 7.49. The second-order valence-electron chi connectivity index (χ2n) is 5.25. The highest BCUT2D eigenvalue weighted by atomic mass is 16.2. The van der Waals surface area contributed by atoms with Crippen LogP contribution in [0.4, 0.5) is 0 Å². The fourth-order valence-corrected chi connectivity index (χ4v) is 2.15. The molecule has 21 heavy (non-hydrogen) atoms. The minimum absolute atomic E-state index is 0.158. The maximum absolute atomic E-state index is 12.1. The summed E-state index contributed by atoms with van der Waals surface area (Å²) in [7, 11) is 0. The quantitative estimate of drug-likeness (QED) is 0.796. The van der Waals surface area contributed by atoms with Crippen molar-refractivity contribution in [2.75, 3.05) is 0 Å². The second kappa shape index (κ2) is 7.57. The third-order valence-corrected chi connectivity index (χ3v) is 3.36. The van der Waals surface area contributed by atoms with E-state index in [1.165, 1.54) is 12.8 Å². The van der Waals surface area contributed by atoms with Crippen LogP contribution >= 0.6 is 0 Å². The van der Waals surface area contributed by atoms with E-state index in [-0.39, 0.29) is 11.9 Å². The van der Waals surface area contributed by atoms with Crippen LogP contribution < -0.4 is 5.32 Å². The molecule has 0 spiro atoms. The van der Waals surface area contributed by atoms with E-state index in [4.69, 9.17) is 0 Å². The highest BCUT2D eigenvalue weighted by Crippen LogP contribution is 2.07. The van der Waals surface area contributed by atoms with Crippen LogP contribution in [0.15, 0.2) is 36.5 Å². The molecule has 0 unspecified atom stereocenters. The van der Waals surface area contributed by atoms with Crippen molar-refractivity contribution in [1.29, 1.82) is 0 Å². The summed E-state index contributed by atoms with van der Waals surface area (Å²) in [6.07, 6.45) is 6.17. The summed E-state index contributed by atoms with van der Waals surface area (Å²) >= 11 is 0. The second-order valence-corrected chi connectivity index (χ2v) is 5.25. The average molecular weight is 286 g/mol. The van der Waals surface area contributed by atoms with Gasteiger partial charge in [0.1, 0.15) is 0 Å². The molecule has 0 aliphatic rings. The maximum Gasteiger partial charge on any atom is 0.273 e.